The maximum atomic E-state index is 3.65. The summed E-state index contributed by atoms with van der Waals surface area (Å²) in [6.07, 6.45) is 8.51. The molecular weight excluding hydrogens is 194 g/mol. The van der Waals surface area contributed by atoms with Gasteiger partial charge in [-0.3, -0.25) is 0 Å². The van der Waals surface area contributed by atoms with Crippen LogP contribution in [0.3, 0.4) is 0 Å². The van der Waals surface area contributed by atoms with Crippen LogP contribution in [0.5, 0.6) is 0 Å². The molecule has 0 radical (unpaired) electrons. The Balaban J connectivity index is 1.64. The van der Waals surface area contributed by atoms with Crippen molar-refractivity contribution >= 4 is 5.69 Å². The summed E-state index contributed by atoms with van der Waals surface area (Å²) < 4.78 is 0. The third-order valence-electron chi connectivity index (χ3n) is 4.08. The Kier molecular flexibility index (Phi) is 2.47. The van der Waals surface area contributed by atoms with Gasteiger partial charge in [-0.2, -0.15) is 0 Å². The first-order valence-electron chi connectivity index (χ1n) is 6.39. The Bertz CT molecular complexity index is 390. The molecule has 1 heteroatoms. The molecular formula is C15H19N. The van der Waals surface area contributed by atoms with Crippen LogP contribution < -0.4 is 5.32 Å². The summed E-state index contributed by atoms with van der Waals surface area (Å²) in [5, 5.41) is 3.65. The highest BCUT2D eigenvalue weighted by Crippen LogP contribution is 2.43. The molecule has 2 aliphatic carbocycles. The van der Waals surface area contributed by atoms with Gasteiger partial charge in [-0.1, -0.05) is 31.2 Å². The van der Waals surface area contributed by atoms with Crippen LogP contribution in [-0.4, -0.2) is 6.04 Å². The summed E-state index contributed by atoms with van der Waals surface area (Å²) in [5.74, 6) is 1.73. The van der Waals surface area contributed by atoms with Gasteiger partial charge in [0.1, 0.15) is 0 Å². The van der Waals surface area contributed by atoms with Gasteiger partial charge < -0.3 is 5.32 Å². The van der Waals surface area contributed by atoms with Crippen LogP contribution in [0, 0.1) is 11.8 Å². The molecule has 0 aliphatic heterocycles. The van der Waals surface area contributed by atoms with Crippen molar-refractivity contribution in [2.24, 2.45) is 11.8 Å². The third-order valence-corrected chi connectivity index (χ3v) is 4.08. The molecule has 3 unspecified atom stereocenters. The molecule has 1 N–H and O–H groups in total. The fourth-order valence-corrected chi connectivity index (χ4v) is 2.93. The average Bonchev–Trinajstić information content (AvgIpc) is 2.68. The summed E-state index contributed by atoms with van der Waals surface area (Å²) in [5.41, 5.74) is 2.69. The summed E-state index contributed by atoms with van der Waals surface area (Å²) in [4.78, 5) is 0. The van der Waals surface area contributed by atoms with E-state index < -0.39 is 0 Å². The highest BCUT2D eigenvalue weighted by molar-refractivity contribution is 5.46. The molecule has 0 heterocycles. The zero-order chi connectivity index (χ0) is 11.0. The Morgan fingerprint density at radius 2 is 2.06 bits per heavy atom. The monoisotopic (exact) mass is 213 g/mol. The molecule has 3 rings (SSSR count). The third kappa shape index (κ3) is 1.64. The lowest BCUT2D eigenvalue weighted by molar-refractivity contribution is 0.218. The van der Waals surface area contributed by atoms with E-state index in [0.29, 0.717) is 6.04 Å². The van der Waals surface area contributed by atoms with E-state index in [0.717, 1.165) is 18.3 Å². The van der Waals surface area contributed by atoms with Crippen LogP contribution in [0.15, 0.2) is 36.4 Å². The van der Waals surface area contributed by atoms with Crippen LogP contribution in [-0.2, 0) is 6.42 Å². The maximum absolute atomic E-state index is 3.65. The first kappa shape index (κ1) is 9.95. The topological polar surface area (TPSA) is 12.0 Å². The number of allylic oxidation sites excluding steroid dienone is 1. The van der Waals surface area contributed by atoms with Crippen LogP contribution in [0.1, 0.15) is 25.3 Å². The Morgan fingerprint density at radius 1 is 1.25 bits per heavy atom. The highest BCUT2D eigenvalue weighted by Gasteiger charge is 2.40. The SMILES string of the molecule is CCc1ccc(NC2CC3CC=CC32)cc1. The number of fused-ring (bicyclic) bond motifs is 1. The first-order valence-corrected chi connectivity index (χ1v) is 6.39. The standard InChI is InChI=1S/C15H19N/c1-2-11-6-8-13(9-7-11)16-15-10-12-4-3-5-14(12)15/h3,5-9,12,14-16H,2,4,10H2,1H3. The fraction of sp³-hybridized carbons (Fsp3) is 0.467. The van der Waals surface area contributed by atoms with Crippen molar-refractivity contribution in [1.29, 1.82) is 0 Å². The normalized spacial score (nSPS) is 30.9. The first-order chi connectivity index (χ1) is 7.86. The number of aryl methyl sites for hydroxylation is 1. The molecule has 0 amide bonds. The maximum Gasteiger partial charge on any atom is 0.0342 e. The van der Waals surface area contributed by atoms with E-state index in [2.05, 4.69) is 48.7 Å². The molecule has 1 nitrogen and oxygen atoms in total. The average molecular weight is 213 g/mol. The van der Waals surface area contributed by atoms with E-state index in [4.69, 9.17) is 0 Å². The summed E-state index contributed by atoms with van der Waals surface area (Å²) in [6, 6.07) is 9.55. The van der Waals surface area contributed by atoms with E-state index in [-0.39, 0.29) is 0 Å². The van der Waals surface area contributed by atoms with E-state index in [9.17, 15) is 0 Å². The number of hydrogen-bond donors (Lipinski definition) is 1. The molecule has 0 bridgehead atoms. The Labute approximate surface area is 97.6 Å². The van der Waals surface area contributed by atoms with Crippen molar-refractivity contribution in [3.05, 3.63) is 42.0 Å². The van der Waals surface area contributed by atoms with Crippen molar-refractivity contribution in [3.8, 4) is 0 Å². The predicted molar refractivity (Wildman–Crippen MR) is 68.6 cm³/mol. The van der Waals surface area contributed by atoms with Gasteiger partial charge in [0.2, 0.25) is 0 Å². The molecule has 16 heavy (non-hydrogen) atoms. The van der Waals surface area contributed by atoms with E-state index >= 15 is 0 Å². The van der Waals surface area contributed by atoms with Gasteiger partial charge >= 0.3 is 0 Å². The molecule has 2 aliphatic rings. The number of anilines is 1. The summed E-state index contributed by atoms with van der Waals surface area (Å²) in [6.45, 7) is 2.20. The van der Waals surface area contributed by atoms with Gasteiger partial charge in [0, 0.05) is 17.6 Å². The zero-order valence-electron chi connectivity index (χ0n) is 9.82. The smallest absolute Gasteiger partial charge is 0.0342 e. The molecule has 0 saturated heterocycles. The Morgan fingerprint density at radius 3 is 2.75 bits per heavy atom. The van der Waals surface area contributed by atoms with Crippen LogP contribution in [0.2, 0.25) is 0 Å². The minimum absolute atomic E-state index is 0.677. The van der Waals surface area contributed by atoms with Crippen molar-refractivity contribution in [1.82, 2.24) is 0 Å². The number of rotatable bonds is 3. The quantitative estimate of drug-likeness (QED) is 0.756. The van der Waals surface area contributed by atoms with Crippen LogP contribution in [0.25, 0.3) is 0 Å². The van der Waals surface area contributed by atoms with Gasteiger partial charge in [0.05, 0.1) is 0 Å². The molecule has 3 atom stereocenters. The van der Waals surface area contributed by atoms with Gasteiger partial charge in [0.25, 0.3) is 0 Å². The second-order valence-corrected chi connectivity index (χ2v) is 5.04. The lowest BCUT2D eigenvalue weighted by Gasteiger charge is -2.41. The van der Waals surface area contributed by atoms with Gasteiger partial charge in [-0.25, -0.2) is 0 Å². The minimum Gasteiger partial charge on any atom is -0.382 e. The minimum atomic E-state index is 0.677. The van der Waals surface area contributed by atoms with Gasteiger partial charge in [-0.05, 0) is 42.9 Å². The summed E-state index contributed by atoms with van der Waals surface area (Å²) in [7, 11) is 0. The van der Waals surface area contributed by atoms with Crippen LogP contribution in [0.4, 0.5) is 5.69 Å². The summed E-state index contributed by atoms with van der Waals surface area (Å²) >= 11 is 0. The van der Waals surface area contributed by atoms with E-state index in [1.165, 1.54) is 24.1 Å². The Hall–Kier alpha value is -1.24. The number of nitrogens with one attached hydrogen (secondary N) is 1. The predicted octanol–water partition coefficient (Wildman–Crippen LogP) is 3.63. The highest BCUT2D eigenvalue weighted by atomic mass is 14.9. The zero-order valence-corrected chi connectivity index (χ0v) is 9.82. The molecule has 0 spiro atoms. The lowest BCUT2D eigenvalue weighted by atomic mass is 9.71. The van der Waals surface area contributed by atoms with Crippen molar-refractivity contribution < 1.29 is 0 Å². The lowest BCUT2D eigenvalue weighted by Crippen LogP contribution is -2.43. The molecule has 1 aromatic rings. The second-order valence-electron chi connectivity index (χ2n) is 5.04. The number of hydrogen-bond acceptors (Lipinski definition) is 1. The molecule has 1 saturated carbocycles. The largest absolute Gasteiger partial charge is 0.382 e. The second kappa shape index (κ2) is 3.97. The van der Waals surface area contributed by atoms with Gasteiger partial charge in [-0.15, -0.1) is 0 Å². The number of benzene rings is 1. The van der Waals surface area contributed by atoms with Gasteiger partial charge in [0.15, 0.2) is 0 Å². The van der Waals surface area contributed by atoms with Crippen molar-refractivity contribution in [2.75, 3.05) is 5.32 Å². The molecule has 1 aromatic carbocycles. The molecule has 84 valence electrons. The molecule has 1 fully saturated rings. The molecule has 0 aromatic heterocycles. The van der Waals surface area contributed by atoms with Crippen molar-refractivity contribution in [2.45, 2.75) is 32.2 Å². The van der Waals surface area contributed by atoms with E-state index in [1.54, 1.807) is 0 Å². The van der Waals surface area contributed by atoms with Crippen LogP contribution >= 0.6 is 0 Å². The van der Waals surface area contributed by atoms with Crippen molar-refractivity contribution in [3.63, 3.8) is 0 Å². The fourth-order valence-electron chi connectivity index (χ4n) is 2.93. The van der Waals surface area contributed by atoms with E-state index in [1.807, 2.05) is 0 Å².